The van der Waals surface area contributed by atoms with Crippen molar-refractivity contribution in [3.8, 4) is 0 Å². The van der Waals surface area contributed by atoms with Crippen LogP contribution in [0.4, 0.5) is 0 Å². The fourth-order valence-electron chi connectivity index (χ4n) is 1.97. The third-order valence-electron chi connectivity index (χ3n) is 3.17. The molecule has 2 aromatic rings. The van der Waals surface area contributed by atoms with Crippen LogP contribution in [0.5, 0.6) is 0 Å². The molecular weight excluding hydrogens is 270 g/mol. The van der Waals surface area contributed by atoms with E-state index in [1.54, 1.807) is 0 Å². The fourth-order valence-corrected chi connectivity index (χ4v) is 2.16. The van der Waals surface area contributed by atoms with Crippen LogP contribution in [0.25, 0.3) is 0 Å². The van der Waals surface area contributed by atoms with Crippen LogP contribution >= 0.6 is 11.6 Å². The Hall–Kier alpha value is -1.35. The second kappa shape index (κ2) is 8.05. The molecule has 20 heavy (non-hydrogen) atoms. The molecule has 2 rings (SSSR count). The van der Waals surface area contributed by atoms with Gasteiger partial charge in [0.15, 0.2) is 0 Å². The molecule has 0 aliphatic rings. The molecule has 0 aliphatic heterocycles. The number of hydrogen-bond donors (Lipinski definition) is 1. The number of benzene rings is 2. The monoisotopic (exact) mass is 289 g/mol. The first kappa shape index (κ1) is 15.0. The maximum absolute atomic E-state index is 6.09. The summed E-state index contributed by atoms with van der Waals surface area (Å²) in [4.78, 5) is 0. The zero-order chi connectivity index (χ0) is 14.2. The van der Waals surface area contributed by atoms with Crippen LogP contribution in [-0.4, -0.2) is 13.6 Å². The molecule has 0 unspecified atom stereocenters. The molecule has 2 nitrogen and oxygen atoms in total. The molecule has 0 atom stereocenters. The van der Waals surface area contributed by atoms with Crippen molar-refractivity contribution in [3.63, 3.8) is 0 Å². The van der Waals surface area contributed by atoms with Gasteiger partial charge in [0.1, 0.15) is 0 Å². The molecule has 0 aromatic heterocycles. The summed E-state index contributed by atoms with van der Waals surface area (Å²) in [7, 11) is 1.97. The highest BCUT2D eigenvalue weighted by Gasteiger charge is 2.00. The third kappa shape index (κ3) is 4.64. The van der Waals surface area contributed by atoms with E-state index in [0.717, 1.165) is 23.6 Å². The molecule has 0 fully saturated rings. The minimum Gasteiger partial charge on any atom is -0.372 e. The molecule has 0 radical (unpaired) electrons. The fraction of sp³-hybridized carbons (Fsp3) is 0.294. The largest absolute Gasteiger partial charge is 0.372 e. The summed E-state index contributed by atoms with van der Waals surface area (Å²) < 4.78 is 5.71. The number of rotatable bonds is 7. The molecule has 0 bridgehead atoms. The summed E-state index contributed by atoms with van der Waals surface area (Å²) in [5.74, 6) is 0. The van der Waals surface area contributed by atoms with E-state index in [9.17, 15) is 0 Å². The molecule has 3 heteroatoms. The number of hydrogen-bond acceptors (Lipinski definition) is 2. The molecule has 2 aromatic carbocycles. The van der Waals surface area contributed by atoms with Gasteiger partial charge < -0.3 is 10.1 Å². The van der Waals surface area contributed by atoms with Crippen molar-refractivity contribution >= 4 is 11.6 Å². The van der Waals surface area contributed by atoms with Gasteiger partial charge in [-0.05, 0) is 42.8 Å². The van der Waals surface area contributed by atoms with E-state index in [4.69, 9.17) is 16.3 Å². The summed E-state index contributed by atoms with van der Waals surface area (Å²) in [6.07, 6.45) is 1.05. The van der Waals surface area contributed by atoms with Crippen LogP contribution in [0.1, 0.15) is 16.7 Å². The average Bonchev–Trinajstić information content (AvgIpc) is 2.48. The van der Waals surface area contributed by atoms with Crippen LogP contribution in [0.15, 0.2) is 48.5 Å². The second-order valence-electron chi connectivity index (χ2n) is 4.75. The SMILES string of the molecule is CNCCc1ccc(COCc2ccccc2Cl)cc1. The maximum atomic E-state index is 6.09. The van der Waals surface area contributed by atoms with Crippen molar-refractivity contribution in [2.24, 2.45) is 0 Å². The summed E-state index contributed by atoms with van der Waals surface area (Å²) in [5, 5.41) is 3.91. The van der Waals surface area contributed by atoms with Gasteiger partial charge >= 0.3 is 0 Å². The van der Waals surface area contributed by atoms with Crippen molar-refractivity contribution in [2.75, 3.05) is 13.6 Å². The molecule has 0 aliphatic carbocycles. The molecule has 0 heterocycles. The molecule has 0 amide bonds. The summed E-state index contributed by atoms with van der Waals surface area (Å²) in [6, 6.07) is 16.3. The maximum Gasteiger partial charge on any atom is 0.0735 e. The van der Waals surface area contributed by atoms with Gasteiger partial charge in [-0.2, -0.15) is 0 Å². The van der Waals surface area contributed by atoms with Gasteiger partial charge in [0.2, 0.25) is 0 Å². The van der Waals surface area contributed by atoms with Crippen molar-refractivity contribution in [1.29, 1.82) is 0 Å². The smallest absolute Gasteiger partial charge is 0.0735 e. The van der Waals surface area contributed by atoms with Gasteiger partial charge in [-0.15, -0.1) is 0 Å². The van der Waals surface area contributed by atoms with Gasteiger partial charge in [-0.3, -0.25) is 0 Å². The minimum atomic E-state index is 0.543. The lowest BCUT2D eigenvalue weighted by molar-refractivity contribution is 0.107. The van der Waals surface area contributed by atoms with Crippen LogP contribution < -0.4 is 5.32 Å². The Morgan fingerprint density at radius 1 is 0.950 bits per heavy atom. The van der Waals surface area contributed by atoms with E-state index < -0.39 is 0 Å². The van der Waals surface area contributed by atoms with Crippen LogP contribution in [0.3, 0.4) is 0 Å². The lowest BCUT2D eigenvalue weighted by Crippen LogP contribution is -2.10. The highest BCUT2D eigenvalue weighted by Crippen LogP contribution is 2.16. The Bertz CT molecular complexity index is 525. The van der Waals surface area contributed by atoms with E-state index in [2.05, 4.69) is 29.6 Å². The van der Waals surface area contributed by atoms with E-state index in [-0.39, 0.29) is 0 Å². The Balaban J connectivity index is 1.81. The molecule has 1 N–H and O–H groups in total. The Kier molecular flexibility index (Phi) is 6.06. The molecule has 0 saturated heterocycles. The molecule has 106 valence electrons. The van der Waals surface area contributed by atoms with Crippen LogP contribution in [-0.2, 0) is 24.4 Å². The van der Waals surface area contributed by atoms with Gasteiger partial charge in [0.25, 0.3) is 0 Å². The number of nitrogens with one attached hydrogen (secondary N) is 1. The van der Waals surface area contributed by atoms with Gasteiger partial charge in [0, 0.05) is 5.02 Å². The molecule has 0 spiro atoms. The predicted octanol–water partition coefficient (Wildman–Crippen LogP) is 3.82. The minimum absolute atomic E-state index is 0.543. The van der Waals surface area contributed by atoms with Crippen molar-refractivity contribution in [1.82, 2.24) is 5.32 Å². The Labute approximate surface area is 125 Å². The van der Waals surface area contributed by atoms with Crippen molar-refractivity contribution in [2.45, 2.75) is 19.6 Å². The summed E-state index contributed by atoms with van der Waals surface area (Å²) >= 11 is 6.09. The second-order valence-corrected chi connectivity index (χ2v) is 5.16. The van der Waals surface area contributed by atoms with E-state index >= 15 is 0 Å². The Morgan fingerprint density at radius 2 is 1.65 bits per heavy atom. The lowest BCUT2D eigenvalue weighted by Gasteiger charge is -2.07. The Morgan fingerprint density at radius 3 is 2.35 bits per heavy atom. The van der Waals surface area contributed by atoms with E-state index in [1.807, 2.05) is 31.3 Å². The molecular formula is C17H20ClNO. The first-order valence-electron chi connectivity index (χ1n) is 6.83. The molecule has 0 saturated carbocycles. The van der Waals surface area contributed by atoms with Crippen LogP contribution in [0.2, 0.25) is 5.02 Å². The number of halogens is 1. The highest BCUT2D eigenvalue weighted by molar-refractivity contribution is 6.31. The number of ether oxygens (including phenoxy) is 1. The first-order chi connectivity index (χ1) is 9.79. The van der Waals surface area contributed by atoms with Gasteiger partial charge in [0.05, 0.1) is 13.2 Å². The zero-order valence-corrected chi connectivity index (χ0v) is 12.5. The quantitative estimate of drug-likeness (QED) is 0.837. The number of likely N-dealkylation sites (N-methyl/N-ethyl adjacent to an activating group) is 1. The van der Waals surface area contributed by atoms with Gasteiger partial charge in [-0.25, -0.2) is 0 Å². The van der Waals surface area contributed by atoms with Crippen LogP contribution in [0, 0.1) is 0 Å². The average molecular weight is 290 g/mol. The van der Waals surface area contributed by atoms with E-state index in [1.165, 1.54) is 11.1 Å². The third-order valence-corrected chi connectivity index (χ3v) is 3.54. The van der Waals surface area contributed by atoms with Gasteiger partial charge in [-0.1, -0.05) is 54.1 Å². The van der Waals surface area contributed by atoms with Crippen molar-refractivity contribution < 1.29 is 4.74 Å². The highest BCUT2D eigenvalue weighted by atomic mass is 35.5. The van der Waals surface area contributed by atoms with E-state index in [0.29, 0.717) is 13.2 Å². The predicted molar refractivity (Wildman–Crippen MR) is 84.0 cm³/mol. The zero-order valence-electron chi connectivity index (χ0n) is 11.7. The summed E-state index contributed by atoms with van der Waals surface area (Å²) in [5.41, 5.74) is 3.55. The normalized spacial score (nSPS) is 10.7. The standard InChI is InChI=1S/C17H20ClNO/c1-19-11-10-14-6-8-15(9-7-14)12-20-13-16-4-2-3-5-17(16)18/h2-9,19H,10-13H2,1H3. The topological polar surface area (TPSA) is 21.3 Å². The first-order valence-corrected chi connectivity index (χ1v) is 7.21. The summed E-state index contributed by atoms with van der Waals surface area (Å²) in [6.45, 7) is 2.15. The van der Waals surface area contributed by atoms with Crippen molar-refractivity contribution in [3.05, 3.63) is 70.2 Å². The lowest BCUT2D eigenvalue weighted by atomic mass is 10.1.